The Balaban J connectivity index is 1.81. The van der Waals surface area contributed by atoms with Gasteiger partial charge in [0.25, 0.3) is 5.91 Å². The van der Waals surface area contributed by atoms with Crippen molar-refractivity contribution in [1.29, 1.82) is 0 Å². The SMILES string of the molecule is CN(C)c1ccc(N/C=C2\C(=O)Nc3ccccc32)cc1. The van der Waals surface area contributed by atoms with Gasteiger partial charge in [0.2, 0.25) is 0 Å². The number of benzene rings is 2. The van der Waals surface area contributed by atoms with Gasteiger partial charge in [0.15, 0.2) is 0 Å². The lowest BCUT2D eigenvalue weighted by atomic mass is 10.1. The van der Waals surface area contributed by atoms with Gasteiger partial charge < -0.3 is 15.5 Å². The van der Waals surface area contributed by atoms with Crippen molar-refractivity contribution in [3.05, 3.63) is 60.3 Å². The molecule has 21 heavy (non-hydrogen) atoms. The minimum absolute atomic E-state index is 0.0754. The molecule has 0 atom stereocenters. The zero-order valence-corrected chi connectivity index (χ0v) is 12.1. The number of para-hydroxylation sites is 1. The van der Waals surface area contributed by atoms with E-state index in [0.29, 0.717) is 5.57 Å². The standard InChI is InChI=1S/C17H17N3O/c1-20(2)13-9-7-12(8-10-13)18-11-15-14-5-3-4-6-16(14)19-17(15)21/h3-11,18H,1-2H3,(H,19,21)/b15-11-. The first-order chi connectivity index (χ1) is 10.1. The molecule has 1 aliphatic heterocycles. The maximum atomic E-state index is 12.0. The molecule has 106 valence electrons. The Hall–Kier alpha value is -2.75. The molecule has 4 heteroatoms. The second-order valence-electron chi connectivity index (χ2n) is 5.14. The normalized spacial score (nSPS) is 14.8. The van der Waals surface area contributed by atoms with Crippen LogP contribution in [0.3, 0.4) is 0 Å². The Morgan fingerprint density at radius 2 is 1.76 bits per heavy atom. The predicted molar refractivity (Wildman–Crippen MR) is 87.4 cm³/mol. The van der Waals surface area contributed by atoms with Gasteiger partial charge in [-0.1, -0.05) is 18.2 Å². The van der Waals surface area contributed by atoms with Gasteiger partial charge >= 0.3 is 0 Å². The first-order valence-electron chi connectivity index (χ1n) is 6.80. The van der Waals surface area contributed by atoms with Crippen LogP contribution in [0, 0.1) is 0 Å². The Kier molecular flexibility index (Phi) is 3.36. The Morgan fingerprint density at radius 1 is 1.05 bits per heavy atom. The van der Waals surface area contributed by atoms with Crippen molar-refractivity contribution < 1.29 is 4.79 Å². The molecule has 2 aromatic rings. The van der Waals surface area contributed by atoms with Crippen LogP contribution >= 0.6 is 0 Å². The van der Waals surface area contributed by atoms with Crippen molar-refractivity contribution in [3.63, 3.8) is 0 Å². The number of fused-ring (bicyclic) bond motifs is 1. The Labute approximate surface area is 124 Å². The summed E-state index contributed by atoms with van der Waals surface area (Å²) in [6.45, 7) is 0. The second kappa shape index (κ2) is 5.32. The molecule has 0 aromatic heterocycles. The summed E-state index contributed by atoms with van der Waals surface area (Å²) < 4.78 is 0. The van der Waals surface area contributed by atoms with E-state index in [-0.39, 0.29) is 5.91 Å². The van der Waals surface area contributed by atoms with Crippen LogP contribution in [0.15, 0.2) is 54.7 Å². The maximum absolute atomic E-state index is 12.0. The molecule has 0 radical (unpaired) electrons. The zero-order valence-electron chi connectivity index (χ0n) is 12.1. The van der Waals surface area contributed by atoms with Crippen molar-refractivity contribution in [1.82, 2.24) is 0 Å². The quantitative estimate of drug-likeness (QED) is 0.848. The average molecular weight is 279 g/mol. The van der Waals surface area contributed by atoms with Gasteiger partial charge in [-0.05, 0) is 30.3 Å². The number of amides is 1. The summed E-state index contributed by atoms with van der Waals surface area (Å²) in [6, 6.07) is 15.7. The largest absolute Gasteiger partial charge is 0.378 e. The van der Waals surface area contributed by atoms with Crippen molar-refractivity contribution in [3.8, 4) is 0 Å². The third-order valence-corrected chi connectivity index (χ3v) is 3.48. The first kappa shape index (κ1) is 13.2. The van der Waals surface area contributed by atoms with E-state index in [4.69, 9.17) is 0 Å². The van der Waals surface area contributed by atoms with Crippen LogP contribution in [0.2, 0.25) is 0 Å². The van der Waals surface area contributed by atoms with Gasteiger partial charge in [0.1, 0.15) is 0 Å². The molecule has 4 nitrogen and oxygen atoms in total. The molecule has 0 spiro atoms. The molecule has 0 aliphatic carbocycles. The summed E-state index contributed by atoms with van der Waals surface area (Å²) in [5.41, 5.74) is 4.53. The average Bonchev–Trinajstić information content (AvgIpc) is 2.81. The first-order valence-corrected chi connectivity index (χ1v) is 6.80. The Morgan fingerprint density at radius 3 is 2.48 bits per heavy atom. The molecule has 1 amide bonds. The highest BCUT2D eigenvalue weighted by molar-refractivity contribution is 6.31. The molecule has 0 bridgehead atoms. The summed E-state index contributed by atoms with van der Waals surface area (Å²) in [6.07, 6.45) is 1.76. The minimum Gasteiger partial charge on any atom is -0.378 e. The topological polar surface area (TPSA) is 44.4 Å². The van der Waals surface area contributed by atoms with Crippen molar-refractivity contribution in [2.75, 3.05) is 29.6 Å². The van der Waals surface area contributed by atoms with E-state index in [1.165, 1.54) is 0 Å². The van der Waals surface area contributed by atoms with Crippen LogP contribution in [0.25, 0.3) is 5.57 Å². The zero-order chi connectivity index (χ0) is 14.8. The van der Waals surface area contributed by atoms with Gasteiger partial charge in [-0.15, -0.1) is 0 Å². The van der Waals surface area contributed by atoms with Crippen molar-refractivity contribution in [2.24, 2.45) is 0 Å². The second-order valence-corrected chi connectivity index (χ2v) is 5.14. The number of hydrogen-bond donors (Lipinski definition) is 2. The van der Waals surface area contributed by atoms with Gasteiger partial charge in [0, 0.05) is 42.9 Å². The molecule has 0 saturated carbocycles. The number of carbonyl (C=O) groups is 1. The van der Waals surface area contributed by atoms with Gasteiger partial charge in [0.05, 0.1) is 5.57 Å². The minimum atomic E-state index is -0.0754. The number of nitrogens with zero attached hydrogens (tertiary/aromatic N) is 1. The highest BCUT2D eigenvalue weighted by Crippen LogP contribution is 2.31. The van der Waals surface area contributed by atoms with Gasteiger partial charge in [-0.2, -0.15) is 0 Å². The number of rotatable bonds is 3. The van der Waals surface area contributed by atoms with Crippen LogP contribution < -0.4 is 15.5 Å². The lowest BCUT2D eigenvalue weighted by Crippen LogP contribution is -2.08. The fourth-order valence-electron chi connectivity index (χ4n) is 2.29. The number of carbonyl (C=O) groups excluding carboxylic acids is 1. The predicted octanol–water partition coefficient (Wildman–Crippen LogP) is 3.16. The van der Waals surface area contributed by atoms with Crippen LogP contribution in [0.1, 0.15) is 5.56 Å². The molecule has 2 aromatic carbocycles. The maximum Gasteiger partial charge on any atom is 0.257 e. The van der Waals surface area contributed by atoms with E-state index in [9.17, 15) is 4.79 Å². The van der Waals surface area contributed by atoms with E-state index >= 15 is 0 Å². The fourth-order valence-corrected chi connectivity index (χ4v) is 2.29. The lowest BCUT2D eigenvalue weighted by Gasteiger charge is -2.12. The van der Waals surface area contributed by atoms with Crippen LogP contribution in [-0.2, 0) is 4.79 Å². The Bertz CT molecular complexity index is 702. The molecule has 0 fully saturated rings. The summed E-state index contributed by atoms with van der Waals surface area (Å²) in [5, 5.41) is 6.04. The van der Waals surface area contributed by atoms with Gasteiger partial charge in [-0.25, -0.2) is 0 Å². The van der Waals surface area contributed by atoms with E-state index in [0.717, 1.165) is 22.6 Å². The number of nitrogens with one attached hydrogen (secondary N) is 2. The van der Waals surface area contributed by atoms with E-state index in [2.05, 4.69) is 10.6 Å². The third kappa shape index (κ3) is 2.60. The number of hydrogen-bond acceptors (Lipinski definition) is 3. The highest BCUT2D eigenvalue weighted by Gasteiger charge is 2.23. The summed E-state index contributed by atoms with van der Waals surface area (Å²) in [7, 11) is 4.01. The third-order valence-electron chi connectivity index (χ3n) is 3.48. The summed E-state index contributed by atoms with van der Waals surface area (Å²) in [5.74, 6) is -0.0754. The molecular weight excluding hydrogens is 262 g/mol. The van der Waals surface area contributed by atoms with E-state index in [1.807, 2.05) is 67.5 Å². The lowest BCUT2D eigenvalue weighted by molar-refractivity contribution is -0.110. The molecule has 2 N–H and O–H groups in total. The smallest absolute Gasteiger partial charge is 0.257 e. The van der Waals surface area contributed by atoms with Crippen molar-refractivity contribution in [2.45, 2.75) is 0 Å². The van der Waals surface area contributed by atoms with Crippen LogP contribution in [0.4, 0.5) is 17.1 Å². The molecular formula is C17H17N3O. The molecule has 3 rings (SSSR count). The van der Waals surface area contributed by atoms with Crippen LogP contribution in [0.5, 0.6) is 0 Å². The summed E-state index contributed by atoms with van der Waals surface area (Å²) >= 11 is 0. The highest BCUT2D eigenvalue weighted by atomic mass is 16.2. The summed E-state index contributed by atoms with van der Waals surface area (Å²) in [4.78, 5) is 14.0. The molecule has 0 unspecified atom stereocenters. The molecule has 1 heterocycles. The molecule has 0 saturated heterocycles. The van der Waals surface area contributed by atoms with Gasteiger partial charge in [-0.3, -0.25) is 4.79 Å². The van der Waals surface area contributed by atoms with Crippen LogP contribution in [-0.4, -0.2) is 20.0 Å². The van der Waals surface area contributed by atoms with E-state index in [1.54, 1.807) is 6.20 Å². The monoisotopic (exact) mass is 279 g/mol. The van der Waals surface area contributed by atoms with E-state index < -0.39 is 0 Å². The van der Waals surface area contributed by atoms with Crippen molar-refractivity contribution >= 4 is 28.5 Å². The number of anilines is 3. The molecule has 1 aliphatic rings. The fraction of sp³-hybridized carbons (Fsp3) is 0.118.